The zero-order valence-electron chi connectivity index (χ0n) is 15.2. The normalized spacial score (nSPS) is 15.7. The smallest absolute Gasteiger partial charge is 0.276 e. The van der Waals surface area contributed by atoms with E-state index in [1.54, 1.807) is 0 Å². The molecule has 0 saturated heterocycles. The summed E-state index contributed by atoms with van der Waals surface area (Å²) in [5.41, 5.74) is 1.58. The molecule has 0 aliphatic carbocycles. The van der Waals surface area contributed by atoms with Crippen LogP contribution in [-0.2, 0) is 11.3 Å². The molecule has 10 heteroatoms. The highest BCUT2D eigenvalue weighted by Crippen LogP contribution is 2.35. The molecular weight excluding hydrogens is 429 g/mol. The van der Waals surface area contributed by atoms with Crippen molar-refractivity contribution in [3.8, 4) is 0 Å². The number of rotatable bonds is 3. The largest absolute Gasteiger partial charge is 0.342 e. The first kappa shape index (κ1) is 18.7. The van der Waals surface area contributed by atoms with Gasteiger partial charge in [0.1, 0.15) is 18.1 Å². The van der Waals surface area contributed by atoms with E-state index in [9.17, 15) is 14.0 Å². The maximum Gasteiger partial charge on any atom is 0.276 e. The molecule has 30 heavy (non-hydrogen) atoms. The number of anilines is 1. The lowest BCUT2D eigenvalue weighted by molar-refractivity contribution is -0.123. The molecule has 1 aliphatic rings. The number of amides is 2. The number of hydrogen-bond donors (Lipinski definition) is 2. The summed E-state index contributed by atoms with van der Waals surface area (Å²) in [5, 5.41) is 10.9. The second kappa shape index (κ2) is 7.19. The average Bonchev–Trinajstić information content (AvgIpc) is 3.33. The standard InChI is InChI=1S/C20H13ClFN5O2S/c21-13-6-5-10(22)7-12(13)17-19-14(8-23-27(19)9-16(28)25-17)24-20(29)18-11-3-1-2-4-15(11)30-26-18/h1-8,17H,9H2,(H,24,29)(H,25,28). The molecule has 3 heterocycles. The van der Waals surface area contributed by atoms with Crippen molar-refractivity contribution in [2.75, 3.05) is 5.32 Å². The van der Waals surface area contributed by atoms with Gasteiger partial charge in [-0.3, -0.25) is 14.3 Å². The number of halogens is 2. The Morgan fingerprint density at radius 1 is 1.30 bits per heavy atom. The average molecular weight is 442 g/mol. The SMILES string of the molecule is O=C1Cn2ncc(NC(=O)c3nsc4ccccc34)c2C(c2cc(F)ccc2Cl)N1. The van der Waals surface area contributed by atoms with E-state index in [1.165, 1.54) is 40.6 Å². The molecule has 2 aromatic heterocycles. The molecule has 0 fully saturated rings. The van der Waals surface area contributed by atoms with Gasteiger partial charge < -0.3 is 10.6 Å². The van der Waals surface area contributed by atoms with Gasteiger partial charge in [-0.15, -0.1) is 0 Å². The van der Waals surface area contributed by atoms with Crippen LogP contribution in [0.25, 0.3) is 10.1 Å². The molecule has 150 valence electrons. The molecule has 0 saturated carbocycles. The molecule has 0 spiro atoms. The lowest BCUT2D eigenvalue weighted by Crippen LogP contribution is -2.40. The van der Waals surface area contributed by atoms with E-state index in [0.29, 0.717) is 27.7 Å². The van der Waals surface area contributed by atoms with E-state index in [0.717, 1.165) is 10.1 Å². The third-order valence-electron chi connectivity index (χ3n) is 4.86. The van der Waals surface area contributed by atoms with Crippen LogP contribution < -0.4 is 10.6 Å². The molecule has 7 nitrogen and oxygen atoms in total. The van der Waals surface area contributed by atoms with E-state index in [2.05, 4.69) is 20.1 Å². The summed E-state index contributed by atoms with van der Waals surface area (Å²) < 4.78 is 20.5. The Balaban J connectivity index is 1.55. The molecule has 5 rings (SSSR count). The van der Waals surface area contributed by atoms with E-state index < -0.39 is 17.8 Å². The van der Waals surface area contributed by atoms with Gasteiger partial charge in [0.25, 0.3) is 5.91 Å². The van der Waals surface area contributed by atoms with Crippen LogP contribution in [0.5, 0.6) is 0 Å². The Morgan fingerprint density at radius 2 is 2.13 bits per heavy atom. The molecule has 1 aliphatic heterocycles. The molecule has 2 aromatic carbocycles. The molecule has 1 atom stereocenters. The Hall–Kier alpha value is -3.30. The first-order valence-corrected chi connectivity index (χ1v) is 10.1. The lowest BCUT2D eigenvalue weighted by atomic mass is 10.0. The van der Waals surface area contributed by atoms with Crippen LogP contribution in [0, 0.1) is 5.82 Å². The van der Waals surface area contributed by atoms with Crippen LogP contribution in [0.3, 0.4) is 0 Å². The zero-order chi connectivity index (χ0) is 20.8. The van der Waals surface area contributed by atoms with Gasteiger partial charge in [0, 0.05) is 16.0 Å². The fourth-order valence-corrected chi connectivity index (χ4v) is 4.52. The van der Waals surface area contributed by atoms with Crippen molar-refractivity contribution in [3.63, 3.8) is 0 Å². The summed E-state index contributed by atoms with van der Waals surface area (Å²) in [6, 6.07) is 10.6. The third-order valence-corrected chi connectivity index (χ3v) is 6.03. The summed E-state index contributed by atoms with van der Waals surface area (Å²) >= 11 is 7.51. The summed E-state index contributed by atoms with van der Waals surface area (Å²) in [5.74, 6) is -1.18. The number of hydrogen-bond acceptors (Lipinski definition) is 5. The van der Waals surface area contributed by atoms with Crippen molar-refractivity contribution in [2.24, 2.45) is 0 Å². The van der Waals surface area contributed by atoms with Gasteiger partial charge in [-0.1, -0.05) is 29.8 Å². The van der Waals surface area contributed by atoms with Gasteiger partial charge in [-0.05, 0) is 35.8 Å². The highest BCUT2D eigenvalue weighted by Gasteiger charge is 2.32. The summed E-state index contributed by atoms with van der Waals surface area (Å²) in [6.07, 6.45) is 1.46. The second-order valence-electron chi connectivity index (χ2n) is 6.75. The van der Waals surface area contributed by atoms with Gasteiger partial charge in [-0.25, -0.2) is 4.39 Å². The van der Waals surface area contributed by atoms with Crippen molar-refractivity contribution in [1.29, 1.82) is 0 Å². The molecular formula is C20H13ClFN5O2S. The van der Waals surface area contributed by atoms with E-state index in [4.69, 9.17) is 11.6 Å². The first-order chi connectivity index (χ1) is 14.5. The van der Waals surface area contributed by atoms with Crippen LogP contribution in [0.2, 0.25) is 5.02 Å². The highest BCUT2D eigenvalue weighted by atomic mass is 35.5. The molecule has 2 N–H and O–H groups in total. The summed E-state index contributed by atoms with van der Waals surface area (Å²) in [6.45, 7) is -0.0196. The van der Waals surface area contributed by atoms with E-state index >= 15 is 0 Å². The number of nitrogens with zero attached hydrogens (tertiary/aromatic N) is 3. The van der Waals surface area contributed by atoms with Crippen LogP contribution in [-0.4, -0.2) is 26.0 Å². The van der Waals surface area contributed by atoms with Crippen molar-refractivity contribution in [3.05, 3.63) is 76.5 Å². The number of aromatic nitrogens is 3. The first-order valence-electron chi connectivity index (χ1n) is 8.97. The minimum Gasteiger partial charge on any atom is -0.342 e. The van der Waals surface area contributed by atoms with Gasteiger partial charge in [0.05, 0.1) is 28.3 Å². The predicted molar refractivity (Wildman–Crippen MR) is 111 cm³/mol. The van der Waals surface area contributed by atoms with Gasteiger partial charge in [-0.2, -0.15) is 9.47 Å². The van der Waals surface area contributed by atoms with Gasteiger partial charge >= 0.3 is 0 Å². The van der Waals surface area contributed by atoms with E-state index in [1.807, 2.05) is 24.3 Å². The topological polar surface area (TPSA) is 88.9 Å². The predicted octanol–water partition coefficient (Wildman–Crippen LogP) is 3.76. The zero-order valence-corrected chi connectivity index (χ0v) is 16.8. The minimum absolute atomic E-state index is 0.0196. The maximum absolute atomic E-state index is 13.9. The van der Waals surface area contributed by atoms with Crippen molar-refractivity contribution < 1.29 is 14.0 Å². The summed E-state index contributed by atoms with van der Waals surface area (Å²) in [4.78, 5) is 25.1. The second-order valence-corrected chi connectivity index (χ2v) is 7.96. The Bertz CT molecular complexity index is 1320. The molecule has 1 unspecified atom stereocenters. The van der Waals surface area contributed by atoms with Gasteiger partial charge in [0.2, 0.25) is 5.91 Å². The molecule has 0 radical (unpaired) electrons. The van der Waals surface area contributed by atoms with Crippen LogP contribution >= 0.6 is 23.1 Å². The van der Waals surface area contributed by atoms with Crippen LogP contribution in [0.4, 0.5) is 10.1 Å². The number of nitrogens with one attached hydrogen (secondary N) is 2. The number of carbonyl (C=O) groups is 2. The highest BCUT2D eigenvalue weighted by molar-refractivity contribution is 7.13. The van der Waals surface area contributed by atoms with E-state index in [-0.39, 0.29) is 12.5 Å². The van der Waals surface area contributed by atoms with Crippen molar-refractivity contribution >= 4 is 50.7 Å². The summed E-state index contributed by atoms with van der Waals surface area (Å²) in [7, 11) is 0. The van der Waals surface area contributed by atoms with Crippen LogP contribution in [0.1, 0.15) is 27.8 Å². The Kier molecular flexibility index (Phi) is 4.48. The number of benzene rings is 2. The lowest BCUT2D eigenvalue weighted by Gasteiger charge is -2.27. The molecule has 0 bridgehead atoms. The fourth-order valence-electron chi connectivity index (χ4n) is 3.52. The molecule has 2 amide bonds. The molecule has 4 aromatic rings. The number of carbonyl (C=O) groups excluding carboxylic acids is 2. The van der Waals surface area contributed by atoms with Crippen LogP contribution in [0.15, 0.2) is 48.7 Å². The number of fused-ring (bicyclic) bond motifs is 2. The van der Waals surface area contributed by atoms with Crippen molar-refractivity contribution in [1.82, 2.24) is 19.5 Å². The third kappa shape index (κ3) is 3.12. The minimum atomic E-state index is -0.764. The maximum atomic E-state index is 13.9. The Morgan fingerprint density at radius 3 is 3.00 bits per heavy atom. The van der Waals surface area contributed by atoms with Crippen molar-refractivity contribution in [2.45, 2.75) is 12.6 Å². The monoisotopic (exact) mass is 441 g/mol. The van der Waals surface area contributed by atoms with Gasteiger partial charge in [0.15, 0.2) is 0 Å². The quantitative estimate of drug-likeness (QED) is 0.506. The fraction of sp³-hybridized carbons (Fsp3) is 0.100. The Labute approximate surface area is 178 Å².